The average Bonchev–Trinajstić information content (AvgIpc) is 2.37. The molecule has 2 rings (SSSR count). The van der Waals surface area contributed by atoms with Crippen molar-refractivity contribution in [3.63, 3.8) is 0 Å². The van der Waals surface area contributed by atoms with Crippen LogP contribution in [0.2, 0.25) is 0 Å². The minimum atomic E-state index is -0.0314. The molecule has 1 aliphatic heterocycles. The van der Waals surface area contributed by atoms with Gasteiger partial charge in [-0.2, -0.15) is 5.26 Å². The van der Waals surface area contributed by atoms with Gasteiger partial charge in [-0.3, -0.25) is 4.79 Å². The summed E-state index contributed by atoms with van der Waals surface area (Å²) in [5, 5.41) is 11.8. The number of benzene rings is 1. The fraction of sp³-hybridized carbons (Fsp3) is 0.385. The van der Waals surface area contributed by atoms with Crippen LogP contribution in [0.1, 0.15) is 18.9 Å². The first-order chi connectivity index (χ1) is 8.65. The molecule has 0 bridgehead atoms. The van der Waals surface area contributed by atoms with Crippen molar-refractivity contribution in [3.05, 3.63) is 23.8 Å². The van der Waals surface area contributed by atoms with Gasteiger partial charge in [0.1, 0.15) is 0 Å². The number of rotatable bonds is 3. The zero-order chi connectivity index (χ0) is 13.1. The van der Waals surface area contributed by atoms with Crippen molar-refractivity contribution >= 4 is 17.3 Å². The maximum atomic E-state index is 11.7. The van der Waals surface area contributed by atoms with E-state index < -0.39 is 0 Å². The molecule has 0 aromatic heterocycles. The van der Waals surface area contributed by atoms with Crippen LogP contribution in [0, 0.1) is 11.3 Å². The van der Waals surface area contributed by atoms with Crippen molar-refractivity contribution in [2.24, 2.45) is 5.73 Å². The van der Waals surface area contributed by atoms with Gasteiger partial charge in [-0.05, 0) is 38.1 Å². The number of fused-ring (bicyclic) bond motifs is 1. The van der Waals surface area contributed by atoms with E-state index in [4.69, 9.17) is 11.0 Å². The van der Waals surface area contributed by atoms with E-state index in [-0.39, 0.29) is 11.9 Å². The Labute approximate surface area is 106 Å². The number of nitrogens with two attached hydrogens (primary N) is 1. The number of nitriles is 1. The SMILES string of the molecule is CC(CCN)N1CC(=O)Nc2ccc(C#N)cc21. The van der Waals surface area contributed by atoms with Crippen molar-refractivity contribution in [1.82, 2.24) is 0 Å². The molecule has 1 heterocycles. The molecular weight excluding hydrogens is 228 g/mol. The van der Waals surface area contributed by atoms with Gasteiger partial charge in [-0.15, -0.1) is 0 Å². The first kappa shape index (κ1) is 12.4. The Kier molecular flexibility index (Phi) is 3.49. The van der Waals surface area contributed by atoms with Gasteiger partial charge < -0.3 is 16.0 Å². The fourth-order valence-electron chi connectivity index (χ4n) is 2.16. The minimum Gasteiger partial charge on any atom is -0.358 e. The Morgan fingerprint density at radius 3 is 3.06 bits per heavy atom. The van der Waals surface area contributed by atoms with E-state index in [9.17, 15) is 4.79 Å². The number of nitrogens with zero attached hydrogens (tertiary/aromatic N) is 2. The van der Waals surface area contributed by atoms with Crippen molar-refractivity contribution < 1.29 is 4.79 Å². The summed E-state index contributed by atoms with van der Waals surface area (Å²) in [5.41, 5.74) is 7.82. The molecule has 3 N–H and O–H groups in total. The molecule has 5 heteroatoms. The van der Waals surface area contributed by atoms with Crippen molar-refractivity contribution in [3.8, 4) is 6.07 Å². The smallest absolute Gasteiger partial charge is 0.243 e. The summed E-state index contributed by atoms with van der Waals surface area (Å²) in [6, 6.07) is 7.57. The Morgan fingerprint density at radius 1 is 1.61 bits per heavy atom. The summed E-state index contributed by atoms with van der Waals surface area (Å²) in [6.07, 6.45) is 0.809. The lowest BCUT2D eigenvalue weighted by molar-refractivity contribution is -0.115. The van der Waals surface area contributed by atoms with E-state index in [2.05, 4.69) is 11.4 Å². The third-order valence-corrected chi connectivity index (χ3v) is 3.14. The van der Waals surface area contributed by atoms with E-state index in [0.717, 1.165) is 17.8 Å². The summed E-state index contributed by atoms with van der Waals surface area (Å²) in [5.74, 6) is -0.0314. The normalized spacial score (nSPS) is 15.6. The van der Waals surface area contributed by atoms with Gasteiger partial charge in [0, 0.05) is 6.04 Å². The Bertz CT molecular complexity index is 506. The summed E-state index contributed by atoms with van der Waals surface area (Å²) in [4.78, 5) is 13.7. The molecule has 0 saturated heterocycles. The monoisotopic (exact) mass is 244 g/mol. The molecule has 0 saturated carbocycles. The third kappa shape index (κ3) is 2.29. The molecule has 18 heavy (non-hydrogen) atoms. The zero-order valence-electron chi connectivity index (χ0n) is 10.3. The van der Waals surface area contributed by atoms with Crippen LogP contribution in [0.3, 0.4) is 0 Å². The van der Waals surface area contributed by atoms with Gasteiger partial charge >= 0.3 is 0 Å². The molecule has 1 atom stereocenters. The van der Waals surface area contributed by atoms with Crippen LogP contribution in [0.5, 0.6) is 0 Å². The quantitative estimate of drug-likeness (QED) is 0.832. The summed E-state index contributed by atoms with van der Waals surface area (Å²) < 4.78 is 0. The van der Waals surface area contributed by atoms with Gasteiger partial charge in [0.2, 0.25) is 5.91 Å². The highest BCUT2D eigenvalue weighted by Crippen LogP contribution is 2.32. The number of hydrogen-bond acceptors (Lipinski definition) is 4. The van der Waals surface area contributed by atoms with Gasteiger partial charge in [0.25, 0.3) is 0 Å². The molecular formula is C13H16N4O. The van der Waals surface area contributed by atoms with Gasteiger partial charge in [-0.1, -0.05) is 0 Å². The molecule has 0 aliphatic carbocycles. The van der Waals surface area contributed by atoms with E-state index >= 15 is 0 Å². The third-order valence-electron chi connectivity index (χ3n) is 3.14. The van der Waals surface area contributed by atoms with Crippen LogP contribution in [-0.4, -0.2) is 25.0 Å². The largest absolute Gasteiger partial charge is 0.358 e. The number of nitrogens with one attached hydrogen (secondary N) is 1. The van der Waals surface area contributed by atoms with E-state index in [1.165, 1.54) is 0 Å². The van der Waals surface area contributed by atoms with Crippen LogP contribution in [-0.2, 0) is 4.79 Å². The van der Waals surface area contributed by atoms with Crippen LogP contribution >= 0.6 is 0 Å². The van der Waals surface area contributed by atoms with Crippen LogP contribution in [0.4, 0.5) is 11.4 Å². The zero-order valence-corrected chi connectivity index (χ0v) is 10.3. The van der Waals surface area contributed by atoms with Crippen molar-refractivity contribution in [1.29, 1.82) is 5.26 Å². The molecule has 5 nitrogen and oxygen atoms in total. The maximum absolute atomic E-state index is 11.7. The lowest BCUT2D eigenvalue weighted by Gasteiger charge is -2.35. The number of amides is 1. The highest BCUT2D eigenvalue weighted by Gasteiger charge is 2.25. The summed E-state index contributed by atoms with van der Waals surface area (Å²) in [6.45, 7) is 2.92. The van der Waals surface area contributed by atoms with Crippen molar-refractivity contribution in [2.75, 3.05) is 23.3 Å². The van der Waals surface area contributed by atoms with Crippen LogP contribution < -0.4 is 16.0 Å². The summed E-state index contributed by atoms with van der Waals surface area (Å²) in [7, 11) is 0. The molecule has 0 radical (unpaired) electrons. The molecule has 0 fully saturated rings. The molecule has 1 aromatic carbocycles. The predicted molar refractivity (Wildman–Crippen MR) is 70.3 cm³/mol. The van der Waals surface area contributed by atoms with E-state index in [0.29, 0.717) is 18.7 Å². The number of hydrogen-bond donors (Lipinski definition) is 2. The predicted octanol–water partition coefficient (Wildman–Crippen LogP) is 1.05. The Balaban J connectivity index is 2.39. The molecule has 94 valence electrons. The second kappa shape index (κ2) is 5.07. The van der Waals surface area contributed by atoms with Gasteiger partial charge in [0.05, 0.1) is 29.6 Å². The first-order valence-corrected chi connectivity index (χ1v) is 5.96. The number of carbonyl (C=O) groups is 1. The van der Waals surface area contributed by atoms with E-state index in [1.807, 2.05) is 17.9 Å². The second-order valence-corrected chi connectivity index (χ2v) is 4.45. The topological polar surface area (TPSA) is 82.2 Å². The number of anilines is 2. The standard InChI is InChI=1S/C13H16N4O/c1-9(4-5-14)17-8-13(18)16-11-3-2-10(7-15)6-12(11)17/h2-3,6,9H,4-5,8,14H2,1H3,(H,16,18). The molecule has 1 unspecified atom stereocenters. The summed E-state index contributed by atoms with van der Waals surface area (Å²) >= 11 is 0. The highest BCUT2D eigenvalue weighted by molar-refractivity contribution is 6.01. The average molecular weight is 244 g/mol. The lowest BCUT2D eigenvalue weighted by atomic mass is 10.1. The fourth-order valence-corrected chi connectivity index (χ4v) is 2.16. The van der Waals surface area contributed by atoms with Crippen LogP contribution in [0.25, 0.3) is 0 Å². The Morgan fingerprint density at radius 2 is 2.39 bits per heavy atom. The van der Waals surface area contributed by atoms with E-state index in [1.54, 1.807) is 12.1 Å². The van der Waals surface area contributed by atoms with Gasteiger partial charge in [-0.25, -0.2) is 0 Å². The highest BCUT2D eigenvalue weighted by atomic mass is 16.2. The Hall–Kier alpha value is -2.06. The van der Waals surface area contributed by atoms with Crippen LogP contribution in [0.15, 0.2) is 18.2 Å². The maximum Gasteiger partial charge on any atom is 0.243 e. The molecule has 1 aromatic rings. The molecule has 0 spiro atoms. The van der Waals surface area contributed by atoms with Gasteiger partial charge in [0.15, 0.2) is 0 Å². The first-order valence-electron chi connectivity index (χ1n) is 5.96. The van der Waals surface area contributed by atoms with Crippen molar-refractivity contribution in [2.45, 2.75) is 19.4 Å². The lowest BCUT2D eigenvalue weighted by Crippen LogP contribution is -2.44. The minimum absolute atomic E-state index is 0.0314. The molecule has 1 aliphatic rings. The second-order valence-electron chi connectivity index (χ2n) is 4.45. The molecule has 1 amide bonds. The number of carbonyl (C=O) groups excluding carboxylic acids is 1.